The van der Waals surface area contributed by atoms with Gasteiger partial charge in [0.1, 0.15) is 6.04 Å². The summed E-state index contributed by atoms with van der Waals surface area (Å²) >= 11 is 0. The van der Waals surface area contributed by atoms with E-state index in [1.54, 1.807) is 60.7 Å². The van der Waals surface area contributed by atoms with Crippen LogP contribution in [0.4, 0.5) is 26.3 Å². The van der Waals surface area contributed by atoms with Crippen molar-refractivity contribution in [3.05, 3.63) is 107 Å². The number of rotatable bonds is 7. The number of alkyl halides is 6. The van der Waals surface area contributed by atoms with E-state index in [1.807, 2.05) is 0 Å². The summed E-state index contributed by atoms with van der Waals surface area (Å²) in [6, 6.07) is 16.0. The van der Waals surface area contributed by atoms with Gasteiger partial charge < -0.3 is 10.4 Å². The van der Waals surface area contributed by atoms with Gasteiger partial charge in [0, 0.05) is 5.92 Å². The number of hydrogen-bond acceptors (Lipinski definition) is 2. The Kier molecular flexibility index (Phi) is 7.52. The SMILES string of the molecule is O=C(Cc1cc(C(F)(F)F)cc(C(F)(F)F)c1)N[C@@H](C(=O)O)C(c1ccccc1)c1ccccc1. The van der Waals surface area contributed by atoms with Crippen LogP contribution >= 0.6 is 0 Å². The molecule has 3 rings (SSSR count). The van der Waals surface area contributed by atoms with E-state index in [0.717, 1.165) is 0 Å². The molecule has 35 heavy (non-hydrogen) atoms. The van der Waals surface area contributed by atoms with Crippen molar-refractivity contribution in [3.8, 4) is 0 Å². The first-order chi connectivity index (χ1) is 16.4. The summed E-state index contributed by atoms with van der Waals surface area (Å²) in [6.07, 6.45) is -11.0. The summed E-state index contributed by atoms with van der Waals surface area (Å²) in [6.45, 7) is 0. The minimum atomic E-state index is -5.07. The molecule has 1 amide bonds. The summed E-state index contributed by atoms with van der Waals surface area (Å²) in [5.74, 6) is -3.33. The van der Waals surface area contributed by atoms with Crippen molar-refractivity contribution in [1.82, 2.24) is 5.32 Å². The molecule has 10 heteroatoms. The molecule has 0 aliphatic rings. The first-order valence-electron chi connectivity index (χ1n) is 10.3. The predicted octanol–water partition coefficient (Wildman–Crippen LogP) is 5.67. The minimum Gasteiger partial charge on any atom is -0.480 e. The smallest absolute Gasteiger partial charge is 0.416 e. The highest BCUT2D eigenvalue weighted by molar-refractivity contribution is 5.86. The third-order valence-electron chi connectivity index (χ3n) is 5.25. The Morgan fingerprint density at radius 1 is 0.743 bits per heavy atom. The average Bonchev–Trinajstić information content (AvgIpc) is 2.78. The molecule has 4 nitrogen and oxygen atoms in total. The van der Waals surface area contributed by atoms with Crippen LogP contribution in [0.25, 0.3) is 0 Å². The van der Waals surface area contributed by atoms with Crippen molar-refractivity contribution in [2.45, 2.75) is 30.7 Å². The lowest BCUT2D eigenvalue weighted by atomic mass is 9.85. The van der Waals surface area contributed by atoms with Crippen LogP contribution in [0, 0.1) is 0 Å². The van der Waals surface area contributed by atoms with Crippen LogP contribution in [0.1, 0.15) is 33.7 Å². The summed E-state index contributed by atoms with van der Waals surface area (Å²) in [5.41, 5.74) is -2.58. The zero-order chi connectivity index (χ0) is 25.8. The molecule has 0 spiro atoms. The zero-order valence-corrected chi connectivity index (χ0v) is 17.9. The van der Waals surface area contributed by atoms with Crippen LogP contribution in [0.2, 0.25) is 0 Å². The number of hydrogen-bond donors (Lipinski definition) is 2. The summed E-state index contributed by atoms with van der Waals surface area (Å²) in [4.78, 5) is 24.8. The van der Waals surface area contributed by atoms with Gasteiger partial charge >= 0.3 is 18.3 Å². The fourth-order valence-corrected chi connectivity index (χ4v) is 3.72. The van der Waals surface area contributed by atoms with Crippen LogP contribution in [-0.2, 0) is 28.4 Å². The first kappa shape index (κ1) is 25.8. The molecule has 0 bridgehead atoms. The number of aliphatic carboxylic acids is 1. The number of carbonyl (C=O) groups is 2. The molecule has 0 fully saturated rings. The molecule has 0 unspecified atom stereocenters. The fourth-order valence-electron chi connectivity index (χ4n) is 3.72. The molecule has 0 aliphatic carbocycles. The molecule has 0 heterocycles. The summed E-state index contributed by atoms with van der Waals surface area (Å²) in [5, 5.41) is 12.1. The molecule has 0 aromatic heterocycles. The first-order valence-corrected chi connectivity index (χ1v) is 10.3. The van der Waals surface area contributed by atoms with Gasteiger partial charge in [-0.05, 0) is 34.9 Å². The van der Waals surface area contributed by atoms with Crippen molar-refractivity contribution in [2.24, 2.45) is 0 Å². The maximum absolute atomic E-state index is 13.1. The molecular formula is C25H19F6NO3. The predicted molar refractivity (Wildman–Crippen MR) is 114 cm³/mol. The Bertz CT molecular complexity index is 1110. The van der Waals surface area contributed by atoms with Crippen molar-refractivity contribution in [3.63, 3.8) is 0 Å². The number of amides is 1. The molecule has 0 saturated heterocycles. The molecule has 2 N–H and O–H groups in total. The standard InChI is InChI=1S/C25H19F6NO3/c26-24(27,28)18-11-15(12-19(14-18)25(29,30)31)13-20(33)32-22(23(34)35)21(16-7-3-1-4-8-16)17-9-5-2-6-10-17/h1-12,14,21-22H,13H2,(H,32,33)(H,34,35)/t22-/m1/s1. The second-order valence-electron chi connectivity index (χ2n) is 7.77. The Morgan fingerprint density at radius 2 is 1.17 bits per heavy atom. The Hall–Kier alpha value is -3.82. The van der Waals surface area contributed by atoms with E-state index in [4.69, 9.17) is 0 Å². The van der Waals surface area contributed by atoms with Gasteiger partial charge in [0.2, 0.25) is 5.91 Å². The molecule has 184 valence electrons. The molecule has 3 aromatic rings. The molecule has 0 saturated carbocycles. The van der Waals surface area contributed by atoms with Crippen molar-refractivity contribution >= 4 is 11.9 Å². The highest BCUT2D eigenvalue weighted by Crippen LogP contribution is 2.36. The van der Waals surface area contributed by atoms with Crippen molar-refractivity contribution in [1.29, 1.82) is 0 Å². The van der Waals surface area contributed by atoms with E-state index in [0.29, 0.717) is 23.3 Å². The van der Waals surface area contributed by atoms with E-state index in [9.17, 15) is 41.0 Å². The average molecular weight is 495 g/mol. The second kappa shape index (κ2) is 10.2. The van der Waals surface area contributed by atoms with Gasteiger partial charge in [-0.3, -0.25) is 4.79 Å². The van der Waals surface area contributed by atoms with Crippen LogP contribution in [0.5, 0.6) is 0 Å². The molecular weight excluding hydrogens is 476 g/mol. The van der Waals surface area contributed by atoms with Gasteiger partial charge in [-0.15, -0.1) is 0 Å². The monoisotopic (exact) mass is 495 g/mol. The Labute approximate surface area is 196 Å². The van der Waals surface area contributed by atoms with E-state index in [2.05, 4.69) is 5.32 Å². The highest BCUT2D eigenvalue weighted by atomic mass is 19.4. The lowest BCUT2D eigenvalue weighted by Crippen LogP contribution is -2.46. The molecule has 0 aliphatic heterocycles. The van der Waals surface area contributed by atoms with Gasteiger partial charge in [-0.25, -0.2) is 4.79 Å². The van der Waals surface area contributed by atoms with Gasteiger partial charge in [0.05, 0.1) is 17.5 Å². The topological polar surface area (TPSA) is 66.4 Å². The summed E-state index contributed by atoms with van der Waals surface area (Å²) < 4.78 is 78.8. The summed E-state index contributed by atoms with van der Waals surface area (Å²) in [7, 11) is 0. The number of halogens is 6. The maximum atomic E-state index is 13.1. The van der Waals surface area contributed by atoms with Gasteiger partial charge in [-0.1, -0.05) is 60.7 Å². The number of carboxylic acids is 1. The Balaban J connectivity index is 1.94. The zero-order valence-electron chi connectivity index (χ0n) is 17.9. The van der Waals surface area contributed by atoms with Gasteiger partial charge in [0.25, 0.3) is 0 Å². The third-order valence-corrected chi connectivity index (χ3v) is 5.25. The van der Waals surface area contributed by atoms with E-state index < -0.39 is 59.3 Å². The normalized spacial score (nSPS) is 12.9. The van der Waals surface area contributed by atoms with Crippen LogP contribution in [-0.4, -0.2) is 23.0 Å². The van der Waals surface area contributed by atoms with E-state index in [1.165, 1.54) is 0 Å². The van der Waals surface area contributed by atoms with E-state index in [-0.39, 0.29) is 6.07 Å². The van der Waals surface area contributed by atoms with Crippen molar-refractivity contribution < 1.29 is 41.0 Å². The lowest BCUT2D eigenvalue weighted by Gasteiger charge is -2.26. The van der Waals surface area contributed by atoms with Crippen molar-refractivity contribution in [2.75, 3.05) is 0 Å². The van der Waals surface area contributed by atoms with E-state index >= 15 is 0 Å². The molecule has 1 atom stereocenters. The second-order valence-corrected chi connectivity index (χ2v) is 7.77. The number of carboxylic acid groups (broad SMARTS) is 1. The lowest BCUT2D eigenvalue weighted by molar-refractivity contribution is -0.143. The number of nitrogens with one attached hydrogen (secondary N) is 1. The number of benzene rings is 3. The van der Waals surface area contributed by atoms with Crippen LogP contribution in [0.3, 0.4) is 0 Å². The highest BCUT2D eigenvalue weighted by Gasteiger charge is 2.37. The fraction of sp³-hybridized carbons (Fsp3) is 0.200. The largest absolute Gasteiger partial charge is 0.480 e. The maximum Gasteiger partial charge on any atom is 0.416 e. The quantitative estimate of drug-likeness (QED) is 0.416. The van der Waals surface area contributed by atoms with Gasteiger partial charge in [0.15, 0.2) is 0 Å². The third kappa shape index (κ3) is 6.62. The van der Waals surface area contributed by atoms with Gasteiger partial charge in [-0.2, -0.15) is 26.3 Å². The molecule has 3 aromatic carbocycles. The molecule has 0 radical (unpaired) electrons. The van der Waals surface area contributed by atoms with Crippen LogP contribution < -0.4 is 5.32 Å². The minimum absolute atomic E-state index is 0.0394. The number of carbonyl (C=O) groups excluding carboxylic acids is 1. The Morgan fingerprint density at radius 3 is 1.54 bits per heavy atom. The van der Waals surface area contributed by atoms with Crippen LogP contribution in [0.15, 0.2) is 78.9 Å².